The molecule has 8 heteroatoms. The monoisotopic (exact) mass is 510 g/mol. The van der Waals surface area contributed by atoms with Gasteiger partial charge in [-0.05, 0) is 82.3 Å². The minimum absolute atomic E-state index is 0.0495. The molecule has 0 unspecified atom stereocenters. The summed E-state index contributed by atoms with van der Waals surface area (Å²) in [5, 5.41) is 3.68. The van der Waals surface area contributed by atoms with Crippen molar-refractivity contribution >= 4 is 11.9 Å². The van der Waals surface area contributed by atoms with E-state index >= 15 is 0 Å². The zero-order valence-electron chi connectivity index (χ0n) is 24.9. The van der Waals surface area contributed by atoms with E-state index in [1.54, 1.807) is 0 Å². The van der Waals surface area contributed by atoms with Crippen LogP contribution < -0.4 is 0 Å². The van der Waals surface area contributed by atoms with Gasteiger partial charge in [-0.2, -0.15) is 0 Å². The van der Waals surface area contributed by atoms with Gasteiger partial charge < -0.3 is 9.68 Å². The molecular weight excluding hydrogens is 456 g/mol. The standard InChI is InChI=1S/C28H54N4O4/c1-25(2)19-31(20-26(3,4)29(25)9)35-23(33)17-15-13-11-12-14-16-18-24(34)36-32-21-27(5,6)30(10)28(7,8)22-32/h11-22H2,1-10H3. The Hall–Kier alpha value is -1.22. The van der Waals surface area contributed by atoms with Crippen LogP contribution >= 0.6 is 0 Å². The molecule has 2 rings (SSSR count). The number of rotatable bonds is 11. The molecule has 0 saturated carbocycles. The first-order valence-electron chi connectivity index (χ1n) is 13.9. The Bertz CT molecular complexity index is 652. The minimum atomic E-state index is -0.135. The van der Waals surface area contributed by atoms with E-state index in [0.29, 0.717) is 39.0 Å². The van der Waals surface area contributed by atoms with Gasteiger partial charge in [0.1, 0.15) is 0 Å². The van der Waals surface area contributed by atoms with Crippen LogP contribution in [0.1, 0.15) is 107 Å². The number of carbonyl (C=O) groups is 2. The average molecular weight is 511 g/mol. The molecular formula is C28H54N4O4. The van der Waals surface area contributed by atoms with E-state index in [1.807, 2.05) is 10.1 Å². The summed E-state index contributed by atoms with van der Waals surface area (Å²) in [5.74, 6) is -0.270. The van der Waals surface area contributed by atoms with Crippen molar-refractivity contribution < 1.29 is 19.3 Å². The average Bonchev–Trinajstić information content (AvgIpc) is 2.71. The van der Waals surface area contributed by atoms with Gasteiger partial charge >= 0.3 is 11.9 Å². The number of hydrogen-bond donors (Lipinski definition) is 0. The Kier molecular flexibility index (Phi) is 10.4. The topological polar surface area (TPSA) is 65.6 Å². The van der Waals surface area contributed by atoms with Gasteiger partial charge in [0, 0.05) is 35.0 Å². The minimum Gasteiger partial charge on any atom is -0.368 e. The van der Waals surface area contributed by atoms with Crippen LogP contribution in [0, 0.1) is 0 Å². The largest absolute Gasteiger partial charge is 0.368 e. The van der Waals surface area contributed by atoms with Crippen LogP contribution in [0.4, 0.5) is 0 Å². The highest BCUT2D eigenvalue weighted by atomic mass is 16.7. The van der Waals surface area contributed by atoms with Crippen molar-refractivity contribution in [2.24, 2.45) is 0 Å². The fraction of sp³-hybridized carbons (Fsp3) is 0.929. The van der Waals surface area contributed by atoms with Crippen LogP contribution in [0.15, 0.2) is 0 Å². The van der Waals surface area contributed by atoms with Gasteiger partial charge in [0.25, 0.3) is 0 Å². The number of hydroxylamine groups is 4. The second-order valence-electron chi connectivity index (χ2n) is 13.5. The number of hydrogen-bond acceptors (Lipinski definition) is 8. The quantitative estimate of drug-likeness (QED) is 0.373. The van der Waals surface area contributed by atoms with E-state index in [-0.39, 0.29) is 34.1 Å². The summed E-state index contributed by atoms with van der Waals surface area (Å²) in [6, 6.07) is 0. The van der Waals surface area contributed by atoms with Crippen molar-refractivity contribution in [2.75, 3.05) is 40.3 Å². The molecule has 0 bridgehead atoms. The summed E-state index contributed by atoms with van der Waals surface area (Å²) in [6.07, 6.45) is 6.74. The molecule has 36 heavy (non-hydrogen) atoms. The van der Waals surface area contributed by atoms with Crippen LogP contribution in [0.25, 0.3) is 0 Å². The van der Waals surface area contributed by atoms with E-state index in [2.05, 4.69) is 79.3 Å². The summed E-state index contributed by atoms with van der Waals surface area (Å²) in [6.45, 7) is 20.3. The third kappa shape index (κ3) is 8.67. The summed E-state index contributed by atoms with van der Waals surface area (Å²) in [7, 11) is 4.27. The maximum atomic E-state index is 12.4. The highest BCUT2D eigenvalue weighted by Crippen LogP contribution is 2.31. The summed E-state index contributed by atoms with van der Waals surface area (Å²) in [4.78, 5) is 40.8. The molecule has 0 atom stereocenters. The maximum absolute atomic E-state index is 12.4. The van der Waals surface area contributed by atoms with Crippen molar-refractivity contribution in [1.82, 2.24) is 19.9 Å². The van der Waals surface area contributed by atoms with Gasteiger partial charge in [0.15, 0.2) is 0 Å². The third-order valence-corrected chi connectivity index (χ3v) is 8.36. The molecule has 2 aliphatic rings. The molecule has 0 radical (unpaired) electrons. The number of carbonyl (C=O) groups excluding carboxylic acids is 2. The first kappa shape index (κ1) is 31.0. The molecule has 0 spiro atoms. The van der Waals surface area contributed by atoms with Gasteiger partial charge in [-0.3, -0.25) is 19.4 Å². The lowest BCUT2D eigenvalue weighted by atomic mass is 9.90. The second kappa shape index (κ2) is 12.1. The third-order valence-electron chi connectivity index (χ3n) is 8.36. The lowest BCUT2D eigenvalue weighted by molar-refractivity contribution is -0.225. The predicted molar refractivity (Wildman–Crippen MR) is 144 cm³/mol. The van der Waals surface area contributed by atoms with Crippen molar-refractivity contribution in [3.8, 4) is 0 Å². The Balaban J connectivity index is 1.54. The molecule has 0 aromatic rings. The van der Waals surface area contributed by atoms with Crippen LogP contribution in [-0.2, 0) is 19.3 Å². The molecule has 0 amide bonds. The van der Waals surface area contributed by atoms with Gasteiger partial charge in [0.2, 0.25) is 0 Å². The molecule has 2 heterocycles. The summed E-state index contributed by atoms with van der Waals surface area (Å²) < 4.78 is 0. The van der Waals surface area contributed by atoms with Crippen LogP contribution in [0.5, 0.6) is 0 Å². The van der Waals surface area contributed by atoms with E-state index in [0.717, 1.165) is 38.5 Å². The number of unbranched alkanes of at least 4 members (excludes halogenated alkanes) is 5. The van der Waals surface area contributed by atoms with Crippen molar-refractivity contribution in [1.29, 1.82) is 0 Å². The predicted octanol–water partition coefficient (Wildman–Crippen LogP) is 4.63. The Labute approximate surface area is 220 Å². The first-order valence-corrected chi connectivity index (χ1v) is 13.9. The second-order valence-corrected chi connectivity index (χ2v) is 13.5. The van der Waals surface area contributed by atoms with E-state index < -0.39 is 0 Å². The van der Waals surface area contributed by atoms with Gasteiger partial charge in [0.05, 0.1) is 26.2 Å². The molecule has 0 N–H and O–H groups in total. The van der Waals surface area contributed by atoms with E-state index in [4.69, 9.17) is 9.68 Å². The van der Waals surface area contributed by atoms with Crippen molar-refractivity contribution in [3.63, 3.8) is 0 Å². The lowest BCUT2D eigenvalue weighted by Gasteiger charge is -2.53. The van der Waals surface area contributed by atoms with Gasteiger partial charge in [-0.25, -0.2) is 0 Å². The SMILES string of the molecule is CN1C(C)(C)CN(OC(=O)CCCCCCCCC(=O)ON2CC(C)(C)N(C)C(C)(C)C2)CC1(C)C. The Morgan fingerprint density at radius 2 is 0.778 bits per heavy atom. The summed E-state index contributed by atoms with van der Waals surface area (Å²) >= 11 is 0. The molecule has 8 nitrogen and oxygen atoms in total. The molecule has 2 aliphatic heterocycles. The fourth-order valence-corrected chi connectivity index (χ4v) is 5.66. The number of nitrogens with zero attached hydrogens (tertiary/aromatic N) is 4. The highest BCUT2D eigenvalue weighted by Gasteiger charge is 2.44. The van der Waals surface area contributed by atoms with E-state index in [1.165, 1.54) is 0 Å². The molecule has 210 valence electrons. The smallest absolute Gasteiger partial charge is 0.325 e. The molecule has 2 saturated heterocycles. The lowest BCUT2D eigenvalue weighted by Crippen LogP contribution is -2.67. The van der Waals surface area contributed by atoms with Crippen LogP contribution in [0.3, 0.4) is 0 Å². The maximum Gasteiger partial charge on any atom is 0.325 e. The van der Waals surface area contributed by atoms with Crippen molar-refractivity contribution in [3.05, 3.63) is 0 Å². The zero-order valence-corrected chi connectivity index (χ0v) is 24.9. The highest BCUT2D eigenvalue weighted by molar-refractivity contribution is 5.69. The number of piperazine rings is 2. The molecule has 0 aromatic carbocycles. The number of likely N-dealkylation sites (N-methyl/N-ethyl adjacent to an activating group) is 2. The molecule has 0 aliphatic carbocycles. The van der Waals surface area contributed by atoms with Gasteiger partial charge in [-0.1, -0.05) is 25.7 Å². The van der Waals surface area contributed by atoms with Crippen LogP contribution in [-0.4, -0.2) is 94.3 Å². The van der Waals surface area contributed by atoms with Crippen molar-refractivity contribution in [2.45, 2.75) is 129 Å². The molecule has 2 fully saturated rings. The summed E-state index contributed by atoms with van der Waals surface area (Å²) in [5.41, 5.74) is -0.198. The van der Waals surface area contributed by atoms with E-state index in [9.17, 15) is 9.59 Å². The van der Waals surface area contributed by atoms with Crippen LogP contribution in [0.2, 0.25) is 0 Å². The normalized spacial score (nSPS) is 24.4. The Morgan fingerprint density at radius 1 is 0.528 bits per heavy atom. The first-order chi connectivity index (χ1) is 16.5. The molecule has 0 aromatic heterocycles. The van der Waals surface area contributed by atoms with Gasteiger partial charge in [-0.15, -0.1) is 10.1 Å². The fourth-order valence-electron chi connectivity index (χ4n) is 5.66. The Morgan fingerprint density at radius 3 is 1.06 bits per heavy atom. The zero-order chi connectivity index (χ0) is 27.4.